The molecule has 0 saturated heterocycles. The summed E-state index contributed by atoms with van der Waals surface area (Å²) in [5.74, 6) is 0. The van der Waals surface area contributed by atoms with Gasteiger partial charge in [0.15, 0.2) is 0 Å². The number of hydrogen-bond acceptors (Lipinski definition) is 3. The van der Waals surface area contributed by atoms with E-state index >= 15 is 0 Å². The maximum Gasteiger partial charge on any atom is 0.332 e. The molecule has 0 amide bonds. The fourth-order valence-corrected chi connectivity index (χ4v) is 1.45. The van der Waals surface area contributed by atoms with Crippen molar-refractivity contribution in [3.05, 3.63) is 29.8 Å². The summed E-state index contributed by atoms with van der Waals surface area (Å²) < 4.78 is 33.2. The highest BCUT2D eigenvalue weighted by atomic mass is 32.3. The van der Waals surface area contributed by atoms with Gasteiger partial charge in [0.1, 0.15) is 0 Å². The van der Waals surface area contributed by atoms with Crippen LogP contribution in [0.2, 0.25) is 0 Å². The smallest absolute Gasteiger partial charge is 0.330 e. The molecule has 0 aliphatic carbocycles. The Morgan fingerprint density at radius 1 is 1.21 bits per heavy atom. The van der Waals surface area contributed by atoms with Crippen LogP contribution in [0.5, 0.6) is 0 Å². The highest BCUT2D eigenvalue weighted by molar-refractivity contribution is 7.86. The van der Waals surface area contributed by atoms with Gasteiger partial charge in [-0.2, -0.15) is 8.42 Å². The Balaban J connectivity index is 0.00000169. The van der Waals surface area contributed by atoms with Gasteiger partial charge in [-0.25, -0.2) is 0 Å². The molecular weight excluding hydrogens is 205 g/mol. The second kappa shape index (κ2) is 5.07. The van der Waals surface area contributed by atoms with Crippen LogP contribution in [0.25, 0.3) is 0 Å². The third-order valence-corrected chi connectivity index (χ3v) is 2.47. The first kappa shape index (κ1) is 13.1. The van der Waals surface area contributed by atoms with Crippen LogP contribution in [0, 0.1) is 0 Å². The van der Waals surface area contributed by atoms with E-state index in [0.29, 0.717) is 13.0 Å². The first-order valence-electron chi connectivity index (χ1n) is 3.77. The van der Waals surface area contributed by atoms with Gasteiger partial charge in [-0.1, -0.05) is 19.6 Å². The molecule has 0 atom stereocenters. The third-order valence-electron chi connectivity index (χ3n) is 1.64. The summed E-state index contributed by atoms with van der Waals surface area (Å²) in [6.45, 7) is 0.488. The maximum absolute atomic E-state index is 12.4. The molecule has 0 fully saturated rings. The van der Waals surface area contributed by atoms with Crippen LogP contribution in [-0.2, 0) is 16.6 Å². The molecule has 80 valence electrons. The summed E-state index contributed by atoms with van der Waals surface area (Å²) in [5.41, 5.74) is 6.19. The Bertz CT molecular complexity index is 372. The fraction of sp³-hybridized carbons (Fsp3) is 0.333. The third kappa shape index (κ3) is 3.43. The molecule has 5 heteroatoms. The monoisotopic (exact) mass is 219 g/mol. The molecule has 0 saturated carbocycles. The molecule has 0 unspecified atom stereocenters. The molecule has 0 heterocycles. The first-order chi connectivity index (χ1) is 6.04. The van der Waals surface area contributed by atoms with Crippen molar-refractivity contribution in [3.63, 3.8) is 0 Å². The lowest BCUT2D eigenvalue weighted by molar-refractivity contribution is 0.552. The molecule has 0 radical (unpaired) electrons. The van der Waals surface area contributed by atoms with Crippen LogP contribution < -0.4 is 5.73 Å². The minimum atomic E-state index is -4.57. The summed E-state index contributed by atoms with van der Waals surface area (Å²) in [6, 6.07) is 5.58. The zero-order valence-electron chi connectivity index (χ0n) is 6.90. The van der Waals surface area contributed by atoms with Crippen LogP contribution in [0.3, 0.4) is 0 Å². The van der Waals surface area contributed by atoms with Gasteiger partial charge in [0, 0.05) is 0 Å². The number of hydrogen-bond donors (Lipinski definition) is 1. The summed E-state index contributed by atoms with van der Waals surface area (Å²) in [7, 11) is -4.57. The highest BCUT2D eigenvalue weighted by Crippen LogP contribution is 2.12. The van der Waals surface area contributed by atoms with Gasteiger partial charge >= 0.3 is 10.2 Å². The second-order valence-electron chi connectivity index (χ2n) is 2.62. The van der Waals surface area contributed by atoms with Crippen molar-refractivity contribution in [1.82, 2.24) is 0 Å². The Morgan fingerprint density at radius 3 is 2.07 bits per heavy atom. The molecule has 14 heavy (non-hydrogen) atoms. The molecule has 0 aliphatic rings. The van der Waals surface area contributed by atoms with Crippen molar-refractivity contribution in [1.29, 1.82) is 0 Å². The largest absolute Gasteiger partial charge is 0.332 e. The number of halogens is 1. The summed E-state index contributed by atoms with van der Waals surface area (Å²) in [4.78, 5) is -0.312. The lowest BCUT2D eigenvalue weighted by atomic mass is 10.2. The van der Waals surface area contributed by atoms with E-state index in [-0.39, 0.29) is 12.3 Å². The quantitative estimate of drug-likeness (QED) is 0.783. The van der Waals surface area contributed by atoms with Gasteiger partial charge in [0.05, 0.1) is 4.90 Å². The van der Waals surface area contributed by atoms with E-state index in [2.05, 4.69) is 0 Å². The molecule has 1 aromatic carbocycles. The Labute approximate surface area is 84.0 Å². The lowest BCUT2D eigenvalue weighted by Gasteiger charge is -1.98. The predicted molar refractivity (Wildman–Crippen MR) is 54.2 cm³/mol. The first-order valence-corrected chi connectivity index (χ1v) is 5.16. The lowest BCUT2D eigenvalue weighted by Crippen LogP contribution is -2.02. The van der Waals surface area contributed by atoms with Gasteiger partial charge in [-0.05, 0) is 30.7 Å². The van der Waals surface area contributed by atoms with E-state index in [1.54, 1.807) is 12.1 Å². The Hall–Kier alpha value is -0.940. The highest BCUT2D eigenvalue weighted by Gasteiger charge is 2.10. The summed E-state index contributed by atoms with van der Waals surface area (Å²) in [5, 5.41) is 0. The van der Waals surface area contributed by atoms with Crippen LogP contribution >= 0.6 is 0 Å². The fourth-order valence-electron chi connectivity index (χ4n) is 0.985. The summed E-state index contributed by atoms with van der Waals surface area (Å²) >= 11 is 0. The van der Waals surface area contributed by atoms with Crippen molar-refractivity contribution >= 4 is 10.2 Å². The van der Waals surface area contributed by atoms with Crippen molar-refractivity contribution in [3.8, 4) is 0 Å². The van der Waals surface area contributed by atoms with E-state index in [9.17, 15) is 12.3 Å². The molecule has 0 aliphatic heterocycles. The minimum Gasteiger partial charge on any atom is -0.330 e. The van der Waals surface area contributed by atoms with Crippen molar-refractivity contribution in [2.45, 2.75) is 18.7 Å². The van der Waals surface area contributed by atoms with Crippen LogP contribution in [-0.4, -0.2) is 15.0 Å². The summed E-state index contributed by atoms with van der Waals surface area (Å²) in [6.07, 6.45) is 0.659. The standard InChI is InChI=1S/C8H10FNO2S.CH4/c9-13(11,12)8-3-1-7(2-4-8)5-6-10;/h1-4H,5-6,10H2;1H4. The maximum atomic E-state index is 12.4. The number of nitrogens with two attached hydrogens (primary N) is 1. The van der Waals surface area contributed by atoms with Crippen LogP contribution in [0.1, 0.15) is 13.0 Å². The van der Waals surface area contributed by atoms with E-state index in [1.807, 2.05) is 0 Å². The van der Waals surface area contributed by atoms with E-state index in [1.165, 1.54) is 12.1 Å². The minimum absolute atomic E-state index is 0. The van der Waals surface area contributed by atoms with Crippen molar-refractivity contribution in [2.75, 3.05) is 6.54 Å². The average molecular weight is 219 g/mol. The number of rotatable bonds is 3. The zero-order chi connectivity index (χ0) is 9.90. The van der Waals surface area contributed by atoms with Crippen LogP contribution in [0.4, 0.5) is 3.89 Å². The van der Waals surface area contributed by atoms with Gasteiger partial charge in [0.2, 0.25) is 0 Å². The molecule has 0 aromatic heterocycles. The van der Waals surface area contributed by atoms with Crippen molar-refractivity contribution < 1.29 is 12.3 Å². The molecule has 1 aromatic rings. The molecule has 2 N–H and O–H groups in total. The second-order valence-corrected chi connectivity index (χ2v) is 3.97. The van der Waals surface area contributed by atoms with Gasteiger partial charge in [0.25, 0.3) is 0 Å². The van der Waals surface area contributed by atoms with Crippen molar-refractivity contribution in [2.24, 2.45) is 5.73 Å². The molecule has 0 spiro atoms. The normalized spacial score (nSPS) is 10.7. The van der Waals surface area contributed by atoms with Crippen LogP contribution in [0.15, 0.2) is 29.2 Å². The zero-order valence-corrected chi connectivity index (χ0v) is 7.72. The SMILES string of the molecule is C.NCCc1ccc(S(=O)(=O)F)cc1. The molecule has 1 rings (SSSR count). The number of benzene rings is 1. The average Bonchev–Trinajstić information content (AvgIpc) is 2.04. The van der Waals surface area contributed by atoms with E-state index in [0.717, 1.165) is 5.56 Å². The van der Waals surface area contributed by atoms with E-state index in [4.69, 9.17) is 5.73 Å². The molecule has 0 bridgehead atoms. The van der Waals surface area contributed by atoms with E-state index < -0.39 is 10.2 Å². The van der Waals surface area contributed by atoms with Gasteiger partial charge in [-0.3, -0.25) is 0 Å². The molecular formula is C9H14FNO2S. The molecule has 3 nitrogen and oxygen atoms in total. The van der Waals surface area contributed by atoms with Gasteiger partial charge in [-0.15, -0.1) is 3.89 Å². The topological polar surface area (TPSA) is 60.2 Å². The predicted octanol–water partition coefficient (Wildman–Crippen LogP) is 1.48. The Morgan fingerprint density at radius 2 is 1.71 bits per heavy atom. The Kier molecular flexibility index (Phi) is 4.73. The van der Waals surface area contributed by atoms with Gasteiger partial charge < -0.3 is 5.73 Å².